The van der Waals surface area contributed by atoms with Gasteiger partial charge in [-0.2, -0.15) is 5.10 Å². The standard InChI is InChI=1S/C16H19N5O2/c1-10-12(7-4-8-17-10)15(22)20-13-9-18-21-14(13)16(23)19-11-5-2-3-6-11/h4,7-9,11H,2-3,5-6H2,1H3,(H,18,21)(H,19,23)(H,20,22). The lowest BCUT2D eigenvalue weighted by atomic mass is 10.2. The Morgan fingerprint density at radius 3 is 2.78 bits per heavy atom. The van der Waals surface area contributed by atoms with Crippen LogP contribution in [-0.4, -0.2) is 33.0 Å². The fourth-order valence-corrected chi connectivity index (χ4v) is 2.80. The van der Waals surface area contributed by atoms with Crippen LogP contribution in [0.4, 0.5) is 5.69 Å². The number of pyridine rings is 1. The van der Waals surface area contributed by atoms with Crippen LogP contribution in [0.1, 0.15) is 52.2 Å². The zero-order valence-corrected chi connectivity index (χ0v) is 12.9. The Morgan fingerprint density at radius 2 is 2.04 bits per heavy atom. The number of carbonyl (C=O) groups excluding carboxylic acids is 2. The molecule has 1 saturated carbocycles. The molecule has 0 radical (unpaired) electrons. The third kappa shape index (κ3) is 3.39. The number of rotatable bonds is 4. The van der Waals surface area contributed by atoms with Gasteiger partial charge in [0.05, 0.1) is 11.3 Å². The number of aryl methyl sites for hydroxylation is 1. The molecule has 120 valence electrons. The van der Waals surface area contributed by atoms with Gasteiger partial charge in [0.1, 0.15) is 0 Å². The molecule has 3 N–H and O–H groups in total. The molecule has 23 heavy (non-hydrogen) atoms. The molecule has 0 saturated heterocycles. The van der Waals surface area contributed by atoms with E-state index in [2.05, 4.69) is 25.8 Å². The van der Waals surface area contributed by atoms with Crippen LogP contribution in [0, 0.1) is 6.92 Å². The molecule has 3 rings (SSSR count). The Balaban J connectivity index is 1.72. The number of nitrogens with one attached hydrogen (secondary N) is 3. The minimum atomic E-state index is -0.313. The smallest absolute Gasteiger partial charge is 0.274 e. The molecule has 0 unspecified atom stereocenters. The van der Waals surface area contributed by atoms with Gasteiger partial charge in [-0.15, -0.1) is 0 Å². The van der Waals surface area contributed by atoms with Gasteiger partial charge in [-0.1, -0.05) is 12.8 Å². The summed E-state index contributed by atoms with van der Waals surface area (Å²) in [6, 6.07) is 3.59. The monoisotopic (exact) mass is 313 g/mol. The van der Waals surface area contributed by atoms with Crippen LogP contribution in [0.25, 0.3) is 0 Å². The first kappa shape index (κ1) is 15.2. The normalized spacial score (nSPS) is 14.7. The maximum absolute atomic E-state index is 12.3. The molecular formula is C16H19N5O2. The van der Waals surface area contributed by atoms with Crippen molar-refractivity contribution >= 4 is 17.5 Å². The molecule has 2 amide bonds. The van der Waals surface area contributed by atoms with Gasteiger partial charge in [0.2, 0.25) is 0 Å². The minimum absolute atomic E-state index is 0.198. The van der Waals surface area contributed by atoms with E-state index in [1.807, 2.05) is 0 Å². The van der Waals surface area contributed by atoms with Crippen molar-refractivity contribution in [1.29, 1.82) is 0 Å². The van der Waals surface area contributed by atoms with Gasteiger partial charge in [-0.3, -0.25) is 19.7 Å². The van der Waals surface area contributed by atoms with E-state index in [1.54, 1.807) is 25.3 Å². The summed E-state index contributed by atoms with van der Waals surface area (Å²) in [6.07, 6.45) is 7.39. The number of H-pyrrole nitrogens is 1. The number of aromatic amines is 1. The van der Waals surface area contributed by atoms with Crippen molar-refractivity contribution in [2.24, 2.45) is 0 Å². The van der Waals surface area contributed by atoms with Crippen LogP contribution >= 0.6 is 0 Å². The van der Waals surface area contributed by atoms with Crippen molar-refractivity contribution in [3.05, 3.63) is 41.5 Å². The van der Waals surface area contributed by atoms with Crippen LogP contribution in [-0.2, 0) is 0 Å². The molecule has 2 aromatic rings. The summed E-state index contributed by atoms with van der Waals surface area (Å²) in [5, 5.41) is 12.3. The highest BCUT2D eigenvalue weighted by molar-refractivity contribution is 6.08. The minimum Gasteiger partial charge on any atom is -0.348 e. The molecule has 2 aromatic heterocycles. The highest BCUT2D eigenvalue weighted by Gasteiger charge is 2.22. The maximum atomic E-state index is 12.3. The van der Waals surface area contributed by atoms with E-state index in [0.29, 0.717) is 16.9 Å². The molecular weight excluding hydrogens is 294 g/mol. The molecule has 1 fully saturated rings. The maximum Gasteiger partial charge on any atom is 0.274 e. The predicted molar refractivity (Wildman–Crippen MR) is 85.2 cm³/mol. The van der Waals surface area contributed by atoms with Gasteiger partial charge in [0.25, 0.3) is 11.8 Å². The van der Waals surface area contributed by atoms with E-state index in [9.17, 15) is 9.59 Å². The zero-order valence-electron chi connectivity index (χ0n) is 12.9. The van der Waals surface area contributed by atoms with Crippen LogP contribution in [0.3, 0.4) is 0 Å². The van der Waals surface area contributed by atoms with E-state index in [-0.39, 0.29) is 23.6 Å². The largest absolute Gasteiger partial charge is 0.348 e. The van der Waals surface area contributed by atoms with E-state index in [1.165, 1.54) is 6.20 Å². The summed E-state index contributed by atoms with van der Waals surface area (Å²) in [4.78, 5) is 28.7. The highest BCUT2D eigenvalue weighted by Crippen LogP contribution is 2.19. The van der Waals surface area contributed by atoms with Crippen LogP contribution in [0.15, 0.2) is 24.5 Å². The second kappa shape index (κ2) is 6.60. The van der Waals surface area contributed by atoms with Crippen molar-refractivity contribution < 1.29 is 9.59 Å². The quantitative estimate of drug-likeness (QED) is 0.804. The van der Waals surface area contributed by atoms with Crippen molar-refractivity contribution in [2.45, 2.75) is 38.6 Å². The summed E-state index contributed by atoms with van der Waals surface area (Å²) in [6.45, 7) is 1.76. The van der Waals surface area contributed by atoms with E-state index >= 15 is 0 Å². The van der Waals surface area contributed by atoms with Crippen molar-refractivity contribution in [3.8, 4) is 0 Å². The van der Waals surface area contributed by atoms with Crippen molar-refractivity contribution in [1.82, 2.24) is 20.5 Å². The first-order chi connectivity index (χ1) is 11.1. The molecule has 1 aliphatic rings. The van der Waals surface area contributed by atoms with Gasteiger partial charge < -0.3 is 10.6 Å². The Hall–Kier alpha value is -2.70. The summed E-state index contributed by atoms with van der Waals surface area (Å²) >= 11 is 0. The summed E-state index contributed by atoms with van der Waals surface area (Å²) < 4.78 is 0. The van der Waals surface area contributed by atoms with E-state index < -0.39 is 0 Å². The Bertz CT molecular complexity index is 719. The van der Waals surface area contributed by atoms with Crippen LogP contribution in [0.5, 0.6) is 0 Å². The van der Waals surface area contributed by atoms with Crippen LogP contribution in [0.2, 0.25) is 0 Å². The number of anilines is 1. The molecule has 0 aliphatic heterocycles. The number of amides is 2. The summed E-state index contributed by atoms with van der Waals surface area (Å²) in [5.41, 5.74) is 1.67. The number of carbonyl (C=O) groups is 2. The topological polar surface area (TPSA) is 99.8 Å². The number of hydrogen-bond acceptors (Lipinski definition) is 4. The second-order valence-corrected chi connectivity index (χ2v) is 5.69. The molecule has 2 heterocycles. The number of hydrogen-bond donors (Lipinski definition) is 3. The lowest BCUT2D eigenvalue weighted by Crippen LogP contribution is -2.33. The zero-order chi connectivity index (χ0) is 16.2. The van der Waals surface area contributed by atoms with Gasteiger partial charge in [0.15, 0.2) is 5.69 Å². The second-order valence-electron chi connectivity index (χ2n) is 5.69. The lowest BCUT2D eigenvalue weighted by Gasteiger charge is -2.11. The van der Waals surface area contributed by atoms with Crippen molar-refractivity contribution in [3.63, 3.8) is 0 Å². The molecule has 1 aliphatic carbocycles. The third-order valence-corrected chi connectivity index (χ3v) is 4.05. The van der Waals surface area contributed by atoms with E-state index in [0.717, 1.165) is 25.7 Å². The first-order valence-electron chi connectivity index (χ1n) is 7.73. The molecule has 7 nitrogen and oxygen atoms in total. The Kier molecular flexibility index (Phi) is 4.36. The van der Waals surface area contributed by atoms with Crippen LogP contribution < -0.4 is 10.6 Å². The lowest BCUT2D eigenvalue weighted by molar-refractivity contribution is 0.0933. The number of nitrogens with zero attached hydrogens (tertiary/aromatic N) is 2. The third-order valence-electron chi connectivity index (χ3n) is 4.05. The molecule has 7 heteroatoms. The van der Waals surface area contributed by atoms with Crippen molar-refractivity contribution in [2.75, 3.05) is 5.32 Å². The fourth-order valence-electron chi connectivity index (χ4n) is 2.80. The summed E-state index contributed by atoms with van der Waals surface area (Å²) in [7, 11) is 0. The molecule has 0 atom stereocenters. The molecule has 0 aromatic carbocycles. The van der Waals surface area contributed by atoms with Gasteiger partial charge in [-0.25, -0.2) is 0 Å². The predicted octanol–water partition coefficient (Wildman–Crippen LogP) is 2.04. The van der Waals surface area contributed by atoms with Gasteiger partial charge >= 0.3 is 0 Å². The Morgan fingerprint density at radius 1 is 1.26 bits per heavy atom. The Labute approximate surface area is 133 Å². The fraction of sp³-hybridized carbons (Fsp3) is 0.375. The first-order valence-corrected chi connectivity index (χ1v) is 7.73. The average Bonchev–Trinajstić information content (AvgIpc) is 3.19. The van der Waals surface area contributed by atoms with Gasteiger partial charge in [-0.05, 0) is 31.9 Å². The van der Waals surface area contributed by atoms with E-state index in [4.69, 9.17) is 0 Å². The summed E-state index contributed by atoms with van der Waals surface area (Å²) in [5.74, 6) is -0.580. The number of aromatic nitrogens is 3. The SMILES string of the molecule is Cc1ncccc1C(=O)Nc1c[nH]nc1C(=O)NC1CCCC1. The molecule has 0 bridgehead atoms. The highest BCUT2D eigenvalue weighted by atomic mass is 16.2. The average molecular weight is 313 g/mol. The van der Waals surface area contributed by atoms with Gasteiger partial charge in [0, 0.05) is 24.1 Å². The molecule has 0 spiro atoms.